The summed E-state index contributed by atoms with van der Waals surface area (Å²) < 4.78 is 0. The molecular weight excluding hydrogens is 491 g/mol. The Kier molecular flexibility index (Phi) is 7.02. The van der Waals surface area contributed by atoms with Gasteiger partial charge < -0.3 is 15.7 Å². The molecule has 3 rings (SSSR count). The van der Waals surface area contributed by atoms with Crippen LogP contribution < -0.4 is 10.6 Å². The number of carboxylic acids is 1. The van der Waals surface area contributed by atoms with Gasteiger partial charge in [0.05, 0.1) is 32.9 Å². The zero-order valence-electron chi connectivity index (χ0n) is 18.0. The van der Waals surface area contributed by atoms with Crippen molar-refractivity contribution in [1.29, 1.82) is 0 Å². The van der Waals surface area contributed by atoms with Crippen LogP contribution in [0, 0.1) is 5.41 Å². The number of Topliss-reactive ketones (excluding diaryl/α,β-unsaturated/α-hetero) is 1. The van der Waals surface area contributed by atoms with Crippen molar-refractivity contribution in [3.05, 3.63) is 62.8 Å². The Morgan fingerprint density at radius 3 is 2.24 bits per heavy atom. The van der Waals surface area contributed by atoms with Gasteiger partial charge in [0, 0.05) is 30.2 Å². The van der Waals surface area contributed by atoms with E-state index in [9.17, 15) is 19.5 Å². The Balaban J connectivity index is 1.80. The predicted molar refractivity (Wildman–Crippen MR) is 126 cm³/mol. The number of pyridine rings is 2. The second-order valence-corrected chi connectivity index (χ2v) is 9.35. The number of halogens is 3. The molecule has 8 nitrogen and oxygen atoms in total. The number of nitrogens with one attached hydrogen (secondary N) is 2. The van der Waals surface area contributed by atoms with Crippen LogP contribution in [0.1, 0.15) is 43.2 Å². The van der Waals surface area contributed by atoms with Gasteiger partial charge in [0.1, 0.15) is 10.6 Å². The van der Waals surface area contributed by atoms with Gasteiger partial charge >= 0.3 is 5.97 Å². The van der Waals surface area contributed by atoms with E-state index in [4.69, 9.17) is 34.8 Å². The van der Waals surface area contributed by atoms with Crippen LogP contribution in [-0.2, 0) is 16.0 Å². The zero-order valence-corrected chi connectivity index (χ0v) is 20.3. The molecule has 11 heteroatoms. The third kappa shape index (κ3) is 4.69. The number of aliphatic carboxylic acids is 1. The van der Waals surface area contributed by atoms with Gasteiger partial charge in [-0.3, -0.25) is 19.6 Å². The highest BCUT2D eigenvalue weighted by molar-refractivity contribution is 6.47. The number of rotatable bonds is 8. The molecule has 0 fully saturated rings. The van der Waals surface area contributed by atoms with Crippen LogP contribution in [0.25, 0.3) is 0 Å². The molecule has 174 valence electrons. The smallest absolute Gasteiger partial charge is 0.329 e. The lowest BCUT2D eigenvalue weighted by molar-refractivity contribution is -0.145. The van der Waals surface area contributed by atoms with E-state index in [1.165, 1.54) is 18.6 Å². The summed E-state index contributed by atoms with van der Waals surface area (Å²) in [5.74, 6) is -1.87. The van der Waals surface area contributed by atoms with Crippen molar-refractivity contribution in [2.24, 2.45) is 5.41 Å². The number of ketones is 1. The van der Waals surface area contributed by atoms with E-state index in [1.807, 2.05) is 0 Å². The number of carbonyl (C=O) groups excluding carboxylic acids is 2. The highest BCUT2D eigenvalue weighted by Crippen LogP contribution is 2.44. The van der Waals surface area contributed by atoms with Gasteiger partial charge in [-0.25, -0.2) is 4.79 Å². The number of hydrogen-bond acceptors (Lipinski definition) is 6. The van der Waals surface area contributed by atoms with E-state index in [0.717, 1.165) is 0 Å². The van der Waals surface area contributed by atoms with Crippen LogP contribution >= 0.6 is 34.8 Å². The van der Waals surface area contributed by atoms with E-state index in [0.29, 0.717) is 17.1 Å². The first-order valence-electron chi connectivity index (χ1n) is 9.95. The number of aromatic nitrogens is 2. The fourth-order valence-electron chi connectivity index (χ4n) is 3.44. The molecule has 2 aromatic heterocycles. The molecule has 1 aliphatic rings. The average Bonchev–Trinajstić information content (AvgIpc) is 2.76. The van der Waals surface area contributed by atoms with Gasteiger partial charge in [-0.2, -0.15) is 0 Å². The van der Waals surface area contributed by atoms with Crippen LogP contribution in [0.3, 0.4) is 0 Å². The molecule has 1 amide bonds. The molecule has 0 aromatic carbocycles. The molecule has 33 heavy (non-hydrogen) atoms. The lowest BCUT2D eigenvalue weighted by atomic mass is 9.73. The Bertz CT molecular complexity index is 1140. The molecule has 1 atom stereocenters. The summed E-state index contributed by atoms with van der Waals surface area (Å²) in [6.07, 6.45) is 4.26. The second-order valence-electron chi connectivity index (χ2n) is 8.16. The normalized spacial score (nSPS) is 16.6. The van der Waals surface area contributed by atoms with Gasteiger partial charge in [0.15, 0.2) is 5.78 Å². The van der Waals surface area contributed by atoms with Gasteiger partial charge in [-0.05, 0) is 32.4 Å². The van der Waals surface area contributed by atoms with Gasteiger partial charge in [-0.15, -0.1) is 0 Å². The highest BCUT2D eigenvalue weighted by Gasteiger charge is 2.50. The van der Waals surface area contributed by atoms with Crippen LogP contribution in [0.5, 0.6) is 0 Å². The molecule has 0 unspecified atom stereocenters. The standard InChI is InChI=1S/C22H21Cl3N4O4/c1-4-22(20(32)33,29-17-16(25)18(30)21(17,2)3)7-11-5-6-12(8-27-11)28-19(31)15-13(23)9-26-10-14(15)24/h5-6,8-10,29H,4,7H2,1-3H3,(H,28,31)(H,32,33)/t22-/m0/s1. The summed E-state index contributed by atoms with van der Waals surface area (Å²) in [6.45, 7) is 5.09. The van der Waals surface area contributed by atoms with Crippen molar-refractivity contribution in [2.45, 2.75) is 39.2 Å². The van der Waals surface area contributed by atoms with Crippen LogP contribution in [0.2, 0.25) is 10.0 Å². The summed E-state index contributed by atoms with van der Waals surface area (Å²) in [5, 5.41) is 15.9. The Hall–Kier alpha value is -2.68. The first kappa shape index (κ1) is 25.0. The van der Waals surface area contributed by atoms with Crippen molar-refractivity contribution in [3.63, 3.8) is 0 Å². The predicted octanol–water partition coefficient (Wildman–Crippen LogP) is 4.46. The third-order valence-corrected chi connectivity index (χ3v) is 6.57. The highest BCUT2D eigenvalue weighted by atomic mass is 35.5. The molecular formula is C22H21Cl3N4O4. The summed E-state index contributed by atoms with van der Waals surface area (Å²) in [5.41, 5.74) is -0.999. The minimum atomic E-state index is -1.43. The van der Waals surface area contributed by atoms with E-state index < -0.39 is 22.8 Å². The van der Waals surface area contributed by atoms with Crippen LogP contribution in [0.4, 0.5) is 5.69 Å². The fraction of sp³-hybridized carbons (Fsp3) is 0.318. The Morgan fingerprint density at radius 2 is 1.76 bits per heavy atom. The third-order valence-electron chi connectivity index (χ3n) is 5.63. The van der Waals surface area contributed by atoms with Crippen molar-refractivity contribution >= 4 is 58.1 Å². The zero-order chi connectivity index (χ0) is 24.6. The maximum absolute atomic E-state index is 12.5. The molecule has 0 radical (unpaired) electrons. The number of carboxylic acid groups (broad SMARTS) is 1. The Morgan fingerprint density at radius 1 is 1.12 bits per heavy atom. The maximum Gasteiger partial charge on any atom is 0.329 e. The van der Waals surface area contributed by atoms with E-state index in [1.54, 1.807) is 32.9 Å². The van der Waals surface area contributed by atoms with E-state index >= 15 is 0 Å². The number of carbonyl (C=O) groups is 3. The van der Waals surface area contributed by atoms with Gasteiger partial charge in [-0.1, -0.05) is 41.7 Å². The van der Waals surface area contributed by atoms with Gasteiger partial charge in [0.25, 0.3) is 5.91 Å². The largest absolute Gasteiger partial charge is 0.479 e. The molecule has 3 N–H and O–H groups in total. The molecule has 0 saturated carbocycles. The number of nitrogens with zero attached hydrogens (tertiary/aromatic N) is 2. The maximum atomic E-state index is 12.5. The summed E-state index contributed by atoms with van der Waals surface area (Å²) in [6, 6.07) is 3.20. The number of anilines is 1. The van der Waals surface area contributed by atoms with Crippen molar-refractivity contribution in [2.75, 3.05) is 5.32 Å². The SMILES string of the molecule is CC[C@@](Cc1ccc(NC(=O)c2c(Cl)cncc2Cl)cn1)(NC1=C(Cl)C(=O)C1(C)C)C(=O)O. The average molecular weight is 512 g/mol. The first-order chi connectivity index (χ1) is 15.4. The first-order valence-corrected chi connectivity index (χ1v) is 11.1. The van der Waals surface area contributed by atoms with Crippen LogP contribution in [-0.4, -0.2) is 38.3 Å². The summed E-state index contributed by atoms with van der Waals surface area (Å²) in [7, 11) is 0. The minimum Gasteiger partial charge on any atom is -0.479 e. The lowest BCUT2D eigenvalue weighted by Crippen LogP contribution is -2.58. The van der Waals surface area contributed by atoms with Crippen LogP contribution in [0.15, 0.2) is 41.5 Å². The summed E-state index contributed by atoms with van der Waals surface area (Å²) >= 11 is 18.1. The topological polar surface area (TPSA) is 121 Å². The number of amides is 1. The molecule has 2 heterocycles. The fourth-order valence-corrected chi connectivity index (χ4v) is 4.49. The van der Waals surface area contributed by atoms with E-state index in [2.05, 4.69) is 20.6 Å². The molecule has 0 aliphatic heterocycles. The number of hydrogen-bond donors (Lipinski definition) is 3. The van der Waals surface area contributed by atoms with Crippen molar-refractivity contribution < 1.29 is 19.5 Å². The van der Waals surface area contributed by atoms with Crippen molar-refractivity contribution in [3.8, 4) is 0 Å². The monoisotopic (exact) mass is 510 g/mol. The van der Waals surface area contributed by atoms with Gasteiger partial charge in [0.2, 0.25) is 0 Å². The Labute approximate surface area is 205 Å². The molecule has 2 aromatic rings. The molecule has 1 aliphatic carbocycles. The minimum absolute atomic E-state index is 0.0125. The lowest BCUT2D eigenvalue weighted by Gasteiger charge is -2.42. The quantitative estimate of drug-likeness (QED) is 0.478. The summed E-state index contributed by atoms with van der Waals surface area (Å²) in [4.78, 5) is 44.9. The molecule has 0 spiro atoms. The number of allylic oxidation sites excluding steroid dienone is 2. The van der Waals surface area contributed by atoms with E-state index in [-0.39, 0.29) is 39.3 Å². The molecule has 0 bridgehead atoms. The van der Waals surface area contributed by atoms with Crippen molar-refractivity contribution in [1.82, 2.24) is 15.3 Å². The molecule has 0 saturated heterocycles. The second kappa shape index (κ2) is 9.29.